The first-order chi connectivity index (χ1) is 15.1. The van der Waals surface area contributed by atoms with E-state index in [1.165, 1.54) is 0 Å². The van der Waals surface area contributed by atoms with E-state index in [0.717, 1.165) is 39.2 Å². The van der Waals surface area contributed by atoms with Gasteiger partial charge in [0.15, 0.2) is 6.20 Å². The largest absolute Gasteiger partial charge is 0.257 e. The van der Waals surface area contributed by atoms with E-state index < -0.39 is 19.6 Å². The van der Waals surface area contributed by atoms with Crippen LogP contribution in [0.15, 0.2) is 36.5 Å². The maximum atomic E-state index is 8.54. The van der Waals surface area contributed by atoms with Gasteiger partial charge in [0.2, 0.25) is 5.69 Å². The Kier molecular flexibility index (Phi) is 2.47. The molecule has 132 valence electrons. The maximum absolute atomic E-state index is 8.54. The average Bonchev–Trinajstić information content (AvgIpc) is 3.05. The number of hydrogen-bond donors (Lipinski definition) is 0. The first-order valence-corrected chi connectivity index (χ1v) is 8.77. The molecule has 0 bridgehead atoms. The van der Waals surface area contributed by atoms with Crippen molar-refractivity contribution in [2.45, 2.75) is 46.8 Å². The van der Waals surface area contributed by atoms with Gasteiger partial charge in [0.25, 0.3) is 0 Å². The highest BCUT2D eigenvalue weighted by Gasteiger charge is 2.25. The van der Waals surface area contributed by atoms with E-state index in [-0.39, 0.29) is 11.3 Å². The second-order valence-corrected chi connectivity index (χ2v) is 7.23. The molecule has 1 aliphatic rings. The first-order valence-electron chi connectivity index (χ1n) is 12.3. The van der Waals surface area contributed by atoms with Crippen LogP contribution >= 0.6 is 0 Å². The predicted molar refractivity (Wildman–Crippen MR) is 107 cm³/mol. The molecule has 0 saturated carbocycles. The molecule has 2 heterocycles. The lowest BCUT2D eigenvalue weighted by molar-refractivity contribution is -0.660. The van der Waals surface area contributed by atoms with Crippen molar-refractivity contribution in [3.63, 3.8) is 0 Å². The van der Waals surface area contributed by atoms with E-state index in [1.807, 2.05) is 38.2 Å². The van der Waals surface area contributed by atoms with Gasteiger partial charge in [-0.05, 0) is 60.9 Å². The average molecular weight is 351 g/mol. The number of fused-ring (bicyclic) bond motifs is 3. The minimum Gasteiger partial charge on any atom is -0.257 e. The van der Waals surface area contributed by atoms with Crippen molar-refractivity contribution in [2.75, 3.05) is 0 Å². The van der Waals surface area contributed by atoms with Crippen LogP contribution in [0.1, 0.15) is 63.0 Å². The number of nitrogens with zero attached hydrogens (tertiary/aromatic N) is 2. The molecule has 0 aliphatic heterocycles. The van der Waals surface area contributed by atoms with Gasteiger partial charge < -0.3 is 0 Å². The first kappa shape index (κ1) is 10.6. The monoisotopic (exact) mass is 350 g/mol. The maximum Gasteiger partial charge on any atom is 0.212 e. The number of benzene rings is 1. The summed E-state index contributed by atoms with van der Waals surface area (Å²) in [4.78, 5) is 4.43. The summed E-state index contributed by atoms with van der Waals surface area (Å²) in [7, 11) is 1.82. The zero-order chi connectivity index (χ0) is 24.5. The van der Waals surface area contributed by atoms with Crippen molar-refractivity contribution >= 4 is 0 Å². The van der Waals surface area contributed by atoms with Gasteiger partial charge >= 0.3 is 0 Å². The summed E-state index contributed by atoms with van der Waals surface area (Å²) in [6.45, 7) is 0.851. The second-order valence-electron chi connectivity index (χ2n) is 7.23. The van der Waals surface area contributed by atoms with Gasteiger partial charge in [0.1, 0.15) is 7.05 Å². The fraction of sp³-hybridized carbons (Fsp3) is 0.333. The molecular formula is C24H27N2+. The molecule has 0 N–H and O–H groups in total. The van der Waals surface area contributed by atoms with Crippen LogP contribution in [-0.4, -0.2) is 4.98 Å². The van der Waals surface area contributed by atoms with Crippen LogP contribution in [-0.2, 0) is 13.5 Å². The van der Waals surface area contributed by atoms with Crippen LogP contribution in [0.5, 0.6) is 0 Å². The zero-order valence-corrected chi connectivity index (χ0v) is 15.6. The number of pyridine rings is 2. The summed E-state index contributed by atoms with van der Waals surface area (Å²) in [5.41, 5.74) is 7.39. The number of aromatic nitrogens is 2. The molecule has 0 fully saturated rings. The van der Waals surface area contributed by atoms with E-state index in [1.54, 1.807) is 30.7 Å². The fourth-order valence-electron chi connectivity index (χ4n) is 3.89. The highest BCUT2D eigenvalue weighted by atomic mass is 14.9. The van der Waals surface area contributed by atoms with E-state index in [0.29, 0.717) is 12.0 Å². The summed E-state index contributed by atoms with van der Waals surface area (Å²) < 4.78 is 57.1. The minimum absolute atomic E-state index is 0.0981. The Morgan fingerprint density at radius 2 is 1.88 bits per heavy atom. The Bertz CT molecular complexity index is 1270. The summed E-state index contributed by atoms with van der Waals surface area (Å²) >= 11 is 0. The van der Waals surface area contributed by atoms with Crippen LogP contribution < -0.4 is 4.57 Å². The Balaban J connectivity index is 1.86. The van der Waals surface area contributed by atoms with Crippen LogP contribution in [0, 0.1) is 20.6 Å². The van der Waals surface area contributed by atoms with E-state index in [9.17, 15) is 0 Å². The smallest absolute Gasteiger partial charge is 0.212 e. The van der Waals surface area contributed by atoms with Crippen LogP contribution in [0.4, 0.5) is 0 Å². The Hall–Kier alpha value is -2.48. The molecular weight excluding hydrogens is 316 g/mol. The van der Waals surface area contributed by atoms with Crippen molar-refractivity contribution in [2.24, 2.45) is 7.05 Å². The second kappa shape index (κ2) is 6.05. The SMILES string of the molecule is [2H]C([2H])([2H])c1ccc2c(n1)Cc1c-2ccc(-c2cc(C([2H])(C)C)c(C([2H])([2H])[2H])c[n+]2C)c1C. The third kappa shape index (κ3) is 2.56. The van der Waals surface area contributed by atoms with Crippen molar-refractivity contribution in [1.82, 2.24) is 4.98 Å². The molecule has 2 heteroatoms. The summed E-state index contributed by atoms with van der Waals surface area (Å²) in [5, 5.41) is 0. The summed E-state index contributed by atoms with van der Waals surface area (Å²) in [6, 6.07) is 9.24. The quantitative estimate of drug-likeness (QED) is 0.454. The van der Waals surface area contributed by atoms with Crippen molar-refractivity contribution in [3.8, 4) is 22.4 Å². The zero-order valence-electron chi connectivity index (χ0n) is 22.6. The van der Waals surface area contributed by atoms with Gasteiger partial charge in [0.05, 0.1) is 5.69 Å². The van der Waals surface area contributed by atoms with Crippen molar-refractivity contribution < 1.29 is 14.2 Å². The molecule has 2 aromatic heterocycles. The molecule has 26 heavy (non-hydrogen) atoms. The Labute approximate surface area is 166 Å². The highest BCUT2D eigenvalue weighted by Crippen LogP contribution is 2.40. The van der Waals surface area contributed by atoms with Crippen LogP contribution in [0.3, 0.4) is 0 Å². The normalized spacial score (nSPS) is 17.8. The third-order valence-corrected chi connectivity index (χ3v) is 5.30. The molecule has 0 radical (unpaired) electrons. The molecule has 0 saturated heterocycles. The van der Waals surface area contributed by atoms with Gasteiger partial charge in [-0.1, -0.05) is 26.0 Å². The number of rotatable bonds is 2. The minimum atomic E-state index is -2.31. The number of hydrogen-bond acceptors (Lipinski definition) is 1. The molecule has 1 aliphatic carbocycles. The van der Waals surface area contributed by atoms with Crippen LogP contribution in [0.25, 0.3) is 22.4 Å². The molecule has 0 spiro atoms. The molecule has 0 unspecified atom stereocenters. The number of aryl methyl sites for hydroxylation is 3. The third-order valence-electron chi connectivity index (χ3n) is 5.30. The van der Waals surface area contributed by atoms with Gasteiger partial charge in [-0.25, -0.2) is 4.57 Å². The lowest BCUT2D eigenvalue weighted by atomic mass is 9.92. The molecule has 3 aromatic rings. The van der Waals surface area contributed by atoms with E-state index in [2.05, 4.69) is 4.98 Å². The summed E-state index contributed by atoms with van der Waals surface area (Å²) in [6.07, 6.45) is 2.15. The Morgan fingerprint density at radius 1 is 1.12 bits per heavy atom. The molecule has 4 rings (SSSR count). The van der Waals surface area contributed by atoms with Crippen molar-refractivity contribution in [1.29, 1.82) is 0 Å². The predicted octanol–water partition coefficient (Wildman–Crippen LogP) is 5.19. The molecule has 2 nitrogen and oxygen atoms in total. The van der Waals surface area contributed by atoms with Gasteiger partial charge in [-0.2, -0.15) is 0 Å². The van der Waals surface area contributed by atoms with Crippen molar-refractivity contribution in [3.05, 3.63) is 70.2 Å². The molecule has 0 amide bonds. The lowest BCUT2D eigenvalue weighted by Gasteiger charge is -2.13. The summed E-state index contributed by atoms with van der Waals surface area (Å²) in [5.74, 6) is -1.08. The Morgan fingerprint density at radius 3 is 2.62 bits per heavy atom. The highest BCUT2D eigenvalue weighted by molar-refractivity contribution is 5.81. The molecule has 1 aromatic carbocycles. The molecule has 0 atom stereocenters. The van der Waals surface area contributed by atoms with E-state index in [4.69, 9.17) is 9.60 Å². The van der Waals surface area contributed by atoms with Gasteiger partial charge in [-0.15, -0.1) is 0 Å². The topological polar surface area (TPSA) is 16.8 Å². The van der Waals surface area contributed by atoms with Gasteiger partial charge in [-0.3, -0.25) is 4.98 Å². The van der Waals surface area contributed by atoms with E-state index >= 15 is 0 Å². The standard InChI is InChI=1S/C24H27N2/c1-14(2)21-12-24(26(6)13-15(21)3)18-9-10-19-20-8-7-16(4)25-23(20)11-22(19)17(18)5/h7-10,12-14H,11H2,1-6H3/q+1/i3D3,4D3,14D. The van der Waals surface area contributed by atoms with Gasteiger partial charge in [0, 0.05) is 44.5 Å². The lowest BCUT2D eigenvalue weighted by Crippen LogP contribution is -2.32. The van der Waals surface area contributed by atoms with Crippen LogP contribution in [0.2, 0.25) is 0 Å². The fourth-order valence-corrected chi connectivity index (χ4v) is 3.89.